The fourth-order valence-electron chi connectivity index (χ4n) is 1.83. The molecule has 0 aromatic heterocycles. The number of halogens is 4. The van der Waals surface area contributed by atoms with E-state index in [9.17, 15) is 13.2 Å². The van der Waals surface area contributed by atoms with Crippen LogP contribution >= 0.6 is 22.6 Å². The number of hydrogen-bond acceptors (Lipinski definition) is 1. The Labute approximate surface area is 99.2 Å². The molecule has 0 spiro atoms. The van der Waals surface area contributed by atoms with Crippen molar-refractivity contribution in [1.82, 2.24) is 5.32 Å². The van der Waals surface area contributed by atoms with Gasteiger partial charge in [-0.25, -0.2) is 0 Å². The summed E-state index contributed by atoms with van der Waals surface area (Å²) in [5.41, 5.74) is 1.21. The van der Waals surface area contributed by atoms with Crippen LogP contribution in [-0.2, 0) is 6.54 Å². The third-order valence-electron chi connectivity index (χ3n) is 2.58. The van der Waals surface area contributed by atoms with E-state index in [-0.39, 0.29) is 6.54 Å². The Kier molecular flexibility index (Phi) is 2.94. The Morgan fingerprint density at radius 1 is 1.33 bits per heavy atom. The molecule has 1 aromatic rings. The van der Waals surface area contributed by atoms with Crippen molar-refractivity contribution >= 4 is 22.6 Å². The largest absolute Gasteiger partial charge is 0.396 e. The molecule has 1 nitrogen and oxygen atoms in total. The molecule has 0 unspecified atom stereocenters. The topological polar surface area (TPSA) is 12.0 Å². The van der Waals surface area contributed by atoms with Crippen molar-refractivity contribution in [3.63, 3.8) is 0 Å². The number of hydrogen-bond donors (Lipinski definition) is 1. The third-order valence-corrected chi connectivity index (χ3v) is 3.59. The molecule has 0 saturated carbocycles. The van der Waals surface area contributed by atoms with E-state index in [0.717, 1.165) is 9.13 Å². The highest BCUT2D eigenvalue weighted by Gasteiger charge is 2.42. The second-order valence-electron chi connectivity index (χ2n) is 3.53. The minimum absolute atomic E-state index is 0.0173. The number of alkyl halides is 3. The highest BCUT2D eigenvalue weighted by molar-refractivity contribution is 14.1. The lowest BCUT2D eigenvalue weighted by Gasteiger charge is -2.28. The van der Waals surface area contributed by atoms with Crippen LogP contribution < -0.4 is 5.32 Å². The molecular weight excluding hydrogens is 318 g/mol. The van der Waals surface area contributed by atoms with E-state index in [1.807, 2.05) is 6.07 Å². The normalized spacial score (nSPS) is 21.2. The quantitative estimate of drug-likeness (QED) is 0.723. The first-order valence-corrected chi connectivity index (χ1v) is 5.62. The molecule has 2 rings (SSSR count). The number of benzene rings is 1. The van der Waals surface area contributed by atoms with E-state index in [0.29, 0.717) is 12.1 Å². The number of rotatable bonds is 0. The van der Waals surface area contributed by atoms with E-state index in [2.05, 4.69) is 27.9 Å². The van der Waals surface area contributed by atoms with Crippen LogP contribution in [0.5, 0.6) is 0 Å². The summed E-state index contributed by atoms with van der Waals surface area (Å²) in [6.07, 6.45) is -4.16. The lowest BCUT2D eigenvalue weighted by molar-refractivity contribution is -0.150. The van der Waals surface area contributed by atoms with Crippen LogP contribution in [0.4, 0.5) is 13.2 Å². The van der Waals surface area contributed by atoms with Crippen LogP contribution in [0, 0.1) is 3.57 Å². The van der Waals surface area contributed by atoms with Crippen LogP contribution in [0.2, 0.25) is 0 Å². The van der Waals surface area contributed by atoms with Gasteiger partial charge in [-0.05, 0) is 39.8 Å². The zero-order valence-corrected chi connectivity index (χ0v) is 9.89. The minimum atomic E-state index is -4.16. The first-order chi connectivity index (χ1) is 7.00. The Balaban J connectivity index is 2.48. The predicted octanol–water partition coefficient (Wildman–Crippen LogP) is 3.04. The third kappa shape index (κ3) is 2.13. The number of fused-ring (bicyclic) bond motifs is 1. The van der Waals surface area contributed by atoms with Gasteiger partial charge in [0.25, 0.3) is 0 Å². The Bertz CT molecular complexity index is 375. The Morgan fingerprint density at radius 2 is 2.07 bits per heavy atom. The first-order valence-electron chi connectivity index (χ1n) is 4.55. The zero-order valence-electron chi connectivity index (χ0n) is 7.74. The molecule has 1 aromatic carbocycles. The van der Waals surface area contributed by atoms with Crippen LogP contribution in [0.15, 0.2) is 18.2 Å². The van der Waals surface area contributed by atoms with Gasteiger partial charge in [0.05, 0.1) is 5.92 Å². The molecular formula is C10H9F3IN. The van der Waals surface area contributed by atoms with E-state index in [1.54, 1.807) is 12.1 Å². The summed E-state index contributed by atoms with van der Waals surface area (Å²) in [4.78, 5) is 0. The van der Waals surface area contributed by atoms with Gasteiger partial charge in [-0.1, -0.05) is 12.1 Å². The molecule has 0 aliphatic carbocycles. The summed E-state index contributed by atoms with van der Waals surface area (Å²) in [6.45, 7) is 0.512. The second-order valence-corrected chi connectivity index (χ2v) is 4.69. The van der Waals surface area contributed by atoms with Crippen LogP contribution in [0.1, 0.15) is 17.0 Å². The average Bonchev–Trinajstić information content (AvgIpc) is 2.16. The fourth-order valence-corrected chi connectivity index (χ4v) is 2.54. The van der Waals surface area contributed by atoms with Gasteiger partial charge in [0, 0.05) is 16.7 Å². The summed E-state index contributed by atoms with van der Waals surface area (Å²) >= 11 is 2.07. The van der Waals surface area contributed by atoms with Crippen LogP contribution in [-0.4, -0.2) is 12.7 Å². The molecule has 82 valence electrons. The van der Waals surface area contributed by atoms with Gasteiger partial charge in [0.1, 0.15) is 0 Å². The maximum absolute atomic E-state index is 12.7. The van der Waals surface area contributed by atoms with Gasteiger partial charge in [0.2, 0.25) is 0 Å². The summed E-state index contributed by atoms with van der Waals surface area (Å²) in [7, 11) is 0. The lowest BCUT2D eigenvalue weighted by atomic mass is 9.90. The van der Waals surface area contributed by atoms with Crippen molar-refractivity contribution in [3.8, 4) is 0 Å². The summed E-state index contributed by atoms with van der Waals surface area (Å²) < 4.78 is 39.0. The minimum Gasteiger partial charge on any atom is -0.312 e. The predicted molar refractivity (Wildman–Crippen MR) is 59.7 cm³/mol. The molecule has 0 radical (unpaired) electrons. The summed E-state index contributed by atoms with van der Waals surface area (Å²) in [5, 5.41) is 2.81. The fraction of sp³-hybridized carbons (Fsp3) is 0.400. The van der Waals surface area contributed by atoms with Gasteiger partial charge < -0.3 is 5.32 Å². The van der Waals surface area contributed by atoms with Crippen LogP contribution in [0.25, 0.3) is 0 Å². The molecule has 15 heavy (non-hydrogen) atoms. The van der Waals surface area contributed by atoms with Crippen molar-refractivity contribution < 1.29 is 13.2 Å². The van der Waals surface area contributed by atoms with Crippen molar-refractivity contribution in [2.75, 3.05) is 6.54 Å². The van der Waals surface area contributed by atoms with Gasteiger partial charge in [-0.2, -0.15) is 13.2 Å². The first kappa shape index (κ1) is 11.2. The molecule has 1 heterocycles. The Morgan fingerprint density at radius 3 is 2.73 bits per heavy atom. The number of nitrogens with one attached hydrogen (secondary N) is 1. The molecule has 0 bridgehead atoms. The van der Waals surface area contributed by atoms with E-state index < -0.39 is 12.1 Å². The molecule has 1 aliphatic heterocycles. The molecule has 1 aliphatic rings. The standard InChI is InChI=1S/C10H9F3IN/c11-10(12,13)8-5-15-4-7-6(8)2-1-3-9(7)14/h1-3,8,15H,4-5H2/t8-/m1/s1. The maximum atomic E-state index is 12.7. The molecule has 5 heteroatoms. The van der Waals surface area contributed by atoms with Gasteiger partial charge >= 0.3 is 6.18 Å². The Hall–Kier alpha value is -0.300. The molecule has 0 saturated heterocycles. The molecule has 1 atom stereocenters. The van der Waals surface area contributed by atoms with Crippen molar-refractivity contribution in [2.24, 2.45) is 0 Å². The van der Waals surface area contributed by atoms with Crippen molar-refractivity contribution in [2.45, 2.75) is 18.6 Å². The van der Waals surface area contributed by atoms with E-state index >= 15 is 0 Å². The summed E-state index contributed by atoms with van der Waals surface area (Å²) in [5.74, 6) is -1.36. The highest BCUT2D eigenvalue weighted by Crippen LogP contribution is 2.38. The SMILES string of the molecule is FC(F)(F)[C@@H]1CNCc2c(I)cccc21. The summed E-state index contributed by atoms with van der Waals surface area (Å²) in [6, 6.07) is 5.10. The second kappa shape index (κ2) is 3.93. The van der Waals surface area contributed by atoms with Gasteiger partial charge in [-0.3, -0.25) is 0 Å². The lowest BCUT2D eigenvalue weighted by Crippen LogP contribution is -2.36. The van der Waals surface area contributed by atoms with E-state index in [1.165, 1.54) is 0 Å². The maximum Gasteiger partial charge on any atom is 0.396 e. The van der Waals surface area contributed by atoms with Crippen LogP contribution in [0.3, 0.4) is 0 Å². The van der Waals surface area contributed by atoms with E-state index in [4.69, 9.17) is 0 Å². The highest BCUT2D eigenvalue weighted by atomic mass is 127. The average molecular weight is 327 g/mol. The van der Waals surface area contributed by atoms with Gasteiger partial charge in [-0.15, -0.1) is 0 Å². The molecule has 0 fully saturated rings. The zero-order chi connectivity index (χ0) is 11.1. The molecule has 0 amide bonds. The van der Waals surface area contributed by atoms with Gasteiger partial charge in [0.15, 0.2) is 0 Å². The molecule has 1 N–H and O–H groups in total. The smallest absolute Gasteiger partial charge is 0.312 e. The van der Waals surface area contributed by atoms with Crippen molar-refractivity contribution in [1.29, 1.82) is 0 Å². The van der Waals surface area contributed by atoms with Crippen molar-refractivity contribution in [3.05, 3.63) is 32.9 Å². The monoisotopic (exact) mass is 327 g/mol.